The number of amides is 1. The SMILES string of the molecule is COc1ccc(CNc2c(C(=O)N3CCN(C4CCCC4)CC3)c(Cl)nc3ccc(Br)cc23)cc1Cl. The predicted octanol–water partition coefficient (Wildman–Crippen LogP) is 6.63. The molecule has 190 valence electrons. The smallest absolute Gasteiger partial charge is 0.259 e. The van der Waals surface area contributed by atoms with Crippen LogP contribution in [0.15, 0.2) is 40.9 Å². The third kappa shape index (κ3) is 5.30. The lowest BCUT2D eigenvalue weighted by atomic mass is 10.1. The van der Waals surface area contributed by atoms with E-state index in [1.165, 1.54) is 25.7 Å². The van der Waals surface area contributed by atoms with Crippen molar-refractivity contribution in [2.75, 3.05) is 38.6 Å². The second kappa shape index (κ2) is 11.1. The molecule has 1 saturated carbocycles. The van der Waals surface area contributed by atoms with Crippen LogP contribution < -0.4 is 10.1 Å². The number of carbonyl (C=O) groups is 1. The van der Waals surface area contributed by atoms with E-state index in [2.05, 4.69) is 31.1 Å². The molecule has 1 aromatic heterocycles. The Balaban J connectivity index is 1.44. The summed E-state index contributed by atoms with van der Waals surface area (Å²) in [6.07, 6.45) is 5.16. The summed E-state index contributed by atoms with van der Waals surface area (Å²) in [4.78, 5) is 22.9. The number of carbonyl (C=O) groups excluding carboxylic acids is 1. The van der Waals surface area contributed by atoms with Crippen molar-refractivity contribution in [3.8, 4) is 5.75 Å². The highest BCUT2D eigenvalue weighted by molar-refractivity contribution is 9.10. The van der Waals surface area contributed by atoms with Gasteiger partial charge in [0.05, 0.1) is 23.3 Å². The van der Waals surface area contributed by atoms with Crippen LogP contribution in [-0.2, 0) is 6.54 Å². The molecule has 0 radical (unpaired) electrons. The van der Waals surface area contributed by atoms with E-state index in [4.69, 9.17) is 27.9 Å². The highest BCUT2D eigenvalue weighted by Gasteiger charge is 2.31. The first kappa shape index (κ1) is 25.6. The molecule has 9 heteroatoms. The summed E-state index contributed by atoms with van der Waals surface area (Å²) in [7, 11) is 1.59. The van der Waals surface area contributed by atoms with Crippen LogP contribution in [0.1, 0.15) is 41.6 Å². The Morgan fingerprint density at radius 2 is 1.86 bits per heavy atom. The quantitative estimate of drug-likeness (QED) is 0.326. The van der Waals surface area contributed by atoms with Gasteiger partial charge in [0.1, 0.15) is 16.5 Å². The lowest BCUT2D eigenvalue weighted by molar-refractivity contribution is 0.0574. The molecule has 0 unspecified atom stereocenters. The first-order valence-corrected chi connectivity index (χ1v) is 13.9. The van der Waals surface area contributed by atoms with Gasteiger partial charge in [0.15, 0.2) is 0 Å². The van der Waals surface area contributed by atoms with E-state index in [9.17, 15) is 4.79 Å². The largest absolute Gasteiger partial charge is 0.495 e. The number of rotatable bonds is 6. The molecule has 2 aliphatic rings. The number of hydrogen-bond acceptors (Lipinski definition) is 5. The number of nitrogens with zero attached hydrogens (tertiary/aromatic N) is 3. The second-order valence-electron chi connectivity index (χ2n) is 9.40. The number of benzene rings is 2. The van der Waals surface area contributed by atoms with Gasteiger partial charge in [0.2, 0.25) is 0 Å². The number of halogens is 3. The lowest BCUT2D eigenvalue weighted by Gasteiger charge is -2.38. The van der Waals surface area contributed by atoms with Gasteiger partial charge in [0.25, 0.3) is 5.91 Å². The number of anilines is 1. The molecule has 5 rings (SSSR count). The van der Waals surface area contributed by atoms with Crippen LogP contribution in [0.3, 0.4) is 0 Å². The molecule has 1 aliphatic carbocycles. The van der Waals surface area contributed by atoms with Crippen LogP contribution in [0.5, 0.6) is 5.75 Å². The summed E-state index contributed by atoms with van der Waals surface area (Å²) >= 11 is 16.6. The Bertz CT molecular complexity index is 1270. The van der Waals surface area contributed by atoms with Crippen LogP contribution in [0.2, 0.25) is 10.2 Å². The van der Waals surface area contributed by atoms with Crippen molar-refractivity contribution in [1.82, 2.24) is 14.8 Å². The minimum absolute atomic E-state index is 0.0873. The van der Waals surface area contributed by atoms with Crippen molar-refractivity contribution in [3.05, 3.63) is 62.2 Å². The van der Waals surface area contributed by atoms with Gasteiger partial charge in [-0.15, -0.1) is 0 Å². The zero-order valence-electron chi connectivity index (χ0n) is 20.2. The van der Waals surface area contributed by atoms with Crippen LogP contribution in [-0.4, -0.2) is 60.0 Å². The monoisotopic (exact) mass is 590 g/mol. The van der Waals surface area contributed by atoms with Crippen LogP contribution in [0.4, 0.5) is 5.69 Å². The van der Waals surface area contributed by atoms with Gasteiger partial charge in [-0.05, 0) is 48.7 Å². The standard InChI is InChI=1S/C27H29BrCl2N4O2/c1-36-23-9-6-17(14-21(23)29)16-31-25-20-15-18(28)7-8-22(20)32-26(30)24(25)27(35)34-12-10-33(11-13-34)19-4-2-3-5-19/h6-9,14-15,19H,2-5,10-13,16H2,1H3,(H,31,32). The molecule has 0 atom stereocenters. The van der Waals surface area contributed by atoms with E-state index in [0.717, 1.165) is 34.0 Å². The summed E-state index contributed by atoms with van der Waals surface area (Å²) in [6.45, 7) is 3.63. The fourth-order valence-corrected chi connectivity index (χ4v) is 6.22. The van der Waals surface area contributed by atoms with Crippen molar-refractivity contribution in [2.45, 2.75) is 38.3 Å². The van der Waals surface area contributed by atoms with Gasteiger partial charge in [0, 0.05) is 48.6 Å². The molecule has 3 aromatic rings. The number of methoxy groups -OCH3 is 1. The number of piperazine rings is 1. The van der Waals surface area contributed by atoms with Crippen molar-refractivity contribution < 1.29 is 9.53 Å². The highest BCUT2D eigenvalue weighted by atomic mass is 79.9. The Kier molecular flexibility index (Phi) is 7.91. The number of aromatic nitrogens is 1. The van der Waals surface area contributed by atoms with Crippen LogP contribution in [0.25, 0.3) is 10.9 Å². The number of fused-ring (bicyclic) bond motifs is 1. The zero-order chi connectivity index (χ0) is 25.2. The van der Waals surface area contributed by atoms with E-state index in [1.807, 2.05) is 41.3 Å². The third-order valence-corrected chi connectivity index (χ3v) is 8.31. The maximum atomic E-state index is 13.8. The average Bonchev–Trinajstić information content (AvgIpc) is 3.42. The molecule has 36 heavy (non-hydrogen) atoms. The second-order valence-corrected chi connectivity index (χ2v) is 11.1. The Morgan fingerprint density at radius 3 is 2.56 bits per heavy atom. The van der Waals surface area contributed by atoms with E-state index in [0.29, 0.717) is 47.7 Å². The molecular formula is C27H29BrCl2N4O2. The van der Waals surface area contributed by atoms with Crippen LogP contribution in [0, 0.1) is 0 Å². The molecule has 1 aliphatic heterocycles. The first-order chi connectivity index (χ1) is 17.4. The van der Waals surface area contributed by atoms with Gasteiger partial charge in [-0.1, -0.05) is 58.0 Å². The molecule has 2 fully saturated rings. The fraction of sp³-hybridized carbons (Fsp3) is 0.407. The van der Waals surface area contributed by atoms with Crippen LogP contribution >= 0.6 is 39.1 Å². The van der Waals surface area contributed by atoms with Crippen molar-refractivity contribution in [1.29, 1.82) is 0 Å². The molecule has 1 N–H and O–H groups in total. The van der Waals surface area contributed by atoms with E-state index in [-0.39, 0.29) is 11.1 Å². The normalized spacial score (nSPS) is 17.1. The van der Waals surface area contributed by atoms with Crippen molar-refractivity contribution >= 4 is 61.6 Å². The van der Waals surface area contributed by atoms with Gasteiger partial charge in [-0.3, -0.25) is 9.69 Å². The van der Waals surface area contributed by atoms with E-state index < -0.39 is 0 Å². The number of ether oxygens (including phenoxy) is 1. The predicted molar refractivity (Wildman–Crippen MR) is 150 cm³/mol. The molecule has 0 bridgehead atoms. The average molecular weight is 592 g/mol. The summed E-state index contributed by atoms with van der Waals surface area (Å²) in [5, 5.41) is 5.06. The first-order valence-electron chi connectivity index (χ1n) is 12.3. The zero-order valence-corrected chi connectivity index (χ0v) is 23.3. The molecule has 2 heterocycles. The van der Waals surface area contributed by atoms with Crippen molar-refractivity contribution in [2.24, 2.45) is 0 Å². The molecule has 1 amide bonds. The summed E-state index contributed by atoms with van der Waals surface area (Å²) in [5.74, 6) is 0.532. The summed E-state index contributed by atoms with van der Waals surface area (Å²) in [5.41, 5.74) is 2.78. The lowest BCUT2D eigenvalue weighted by Crippen LogP contribution is -2.51. The maximum absolute atomic E-state index is 13.8. The molecule has 2 aromatic carbocycles. The van der Waals surface area contributed by atoms with Gasteiger partial charge < -0.3 is 15.0 Å². The topological polar surface area (TPSA) is 57.7 Å². The van der Waals surface area contributed by atoms with E-state index >= 15 is 0 Å². The van der Waals surface area contributed by atoms with Gasteiger partial charge in [-0.2, -0.15) is 0 Å². The minimum Gasteiger partial charge on any atom is -0.495 e. The number of pyridine rings is 1. The number of nitrogens with one attached hydrogen (secondary N) is 1. The van der Waals surface area contributed by atoms with Gasteiger partial charge in [-0.25, -0.2) is 4.98 Å². The molecule has 0 spiro atoms. The number of hydrogen-bond donors (Lipinski definition) is 1. The molecular weight excluding hydrogens is 563 g/mol. The minimum atomic E-state index is -0.0873. The van der Waals surface area contributed by atoms with Gasteiger partial charge >= 0.3 is 0 Å². The molecule has 1 saturated heterocycles. The fourth-order valence-electron chi connectivity index (χ4n) is 5.31. The van der Waals surface area contributed by atoms with E-state index in [1.54, 1.807) is 7.11 Å². The Hall–Kier alpha value is -2.06. The maximum Gasteiger partial charge on any atom is 0.259 e. The van der Waals surface area contributed by atoms with Crippen molar-refractivity contribution in [3.63, 3.8) is 0 Å². The Labute approximate surface area is 230 Å². The summed E-state index contributed by atoms with van der Waals surface area (Å²) < 4.78 is 6.17. The highest BCUT2D eigenvalue weighted by Crippen LogP contribution is 2.35. The molecule has 6 nitrogen and oxygen atoms in total. The summed E-state index contributed by atoms with van der Waals surface area (Å²) in [6, 6.07) is 12.1. The Morgan fingerprint density at radius 1 is 1.11 bits per heavy atom. The third-order valence-electron chi connectivity index (χ3n) is 7.24.